The Balaban J connectivity index is 0.00000400. The van der Waals surface area contributed by atoms with Crippen molar-refractivity contribution in [2.75, 3.05) is 23.9 Å². The Labute approximate surface area is 143 Å². The quantitative estimate of drug-likeness (QED) is 0.247. The number of nitrogens with zero attached hydrogens (tertiary/aromatic N) is 1. The van der Waals surface area contributed by atoms with E-state index in [1.54, 1.807) is 0 Å². The molecule has 0 aliphatic heterocycles. The third kappa shape index (κ3) is 6.72. The molecule has 1 N–H and O–H groups in total. The van der Waals surface area contributed by atoms with Gasteiger partial charge in [0.2, 0.25) is 0 Å². The fourth-order valence-electron chi connectivity index (χ4n) is 1.35. The van der Waals surface area contributed by atoms with Crippen LogP contribution in [0.1, 0.15) is 0 Å². The smallest absolute Gasteiger partial charge is 0.748 e. The summed E-state index contributed by atoms with van der Waals surface area (Å²) in [5.41, 5.74) is -0.581. The molecule has 12 heteroatoms. The van der Waals surface area contributed by atoms with E-state index >= 15 is 0 Å². The summed E-state index contributed by atoms with van der Waals surface area (Å²) in [5, 5.41) is 13.3. The number of hydrogen-bond donors (Lipinski definition) is 1. The molecule has 0 aromatic heterocycles. The number of nitro benzene ring substituents is 1. The van der Waals surface area contributed by atoms with Gasteiger partial charge >= 0.3 is 29.6 Å². The van der Waals surface area contributed by atoms with Crippen molar-refractivity contribution in [3.63, 3.8) is 0 Å². The maximum atomic E-state index is 11.3. The maximum absolute atomic E-state index is 11.3. The van der Waals surface area contributed by atoms with Crippen LogP contribution in [-0.4, -0.2) is 44.9 Å². The van der Waals surface area contributed by atoms with Gasteiger partial charge in [-0.3, -0.25) is 10.1 Å². The molecule has 0 atom stereocenters. The first-order chi connectivity index (χ1) is 9.00. The van der Waals surface area contributed by atoms with Crippen molar-refractivity contribution in [2.45, 2.75) is 4.90 Å². The Morgan fingerprint density at radius 3 is 2.24 bits per heavy atom. The molecule has 1 aromatic carbocycles. The van der Waals surface area contributed by atoms with Crippen molar-refractivity contribution in [1.82, 2.24) is 0 Å². The molecule has 21 heavy (non-hydrogen) atoms. The summed E-state index contributed by atoms with van der Waals surface area (Å²) in [6, 6.07) is 3.16. The van der Waals surface area contributed by atoms with Crippen LogP contribution in [0, 0.1) is 10.1 Å². The first-order valence-electron chi connectivity index (χ1n) is 5.16. The van der Waals surface area contributed by atoms with Crippen molar-refractivity contribution in [2.24, 2.45) is 0 Å². The summed E-state index contributed by atoms with van der Waals surface area (Å²) in [6.07, 6.45) is 0.906. The van der Waals surface area contributed by atoms with Crippen LogP contribution < -0.4 is 34.9 Å². The monoisotopic (exact) mass is 346 g/mol. The van der Waals surface area contributed by atoms with Gasteiger partial charge in [0.15, 0.2) is 9.84 Å². The number of anilines is 1. The summed E-state index contributed by atoms with van der Waals surface area (Å²) in [6.45, 7) is -0.315. The predicted molar refractivity (Wildman–Crippen MR) is 69.3 cm³/mol. The summed E-state index contributed by atoms with van der Waals surface area (Å²) >= 11 is 0. The average molecular weight is 346 g/mol. The number of nitrogens with one attached hydrogen (secondary N) is 1. The van der Waals surface area contributed by atoms with E-state index < -0.39 is 36.3 Å². The minimum absolute atomic E-state index is 0. The van der Waals surface area contributed by atoms with Gasteiger partial charge in [0.1, 0.15) is 5.69 Å². The van der Waals surface area contributed by atoms with Gasteiger partial charge in [-0.1, -0.05) is 0 Å². The predicted octanol–water partition coefficient (Wildman–Crippen LogP) is -3.04. The molecule has 9 nitrogen and oxygen atoms in total. The largest absolute Gasteiger partial charge is 1.00 e. The summed E-state index contributed by atoms with van der Waals surface area (Å²) < 4.78 is 53.9. The number of sulfone groups is 1. The molecule has 112 valence electrons. The number of rotatable bonds is 6. The van der Waals surface area contributed by atoms with Crippen LogP contribution in [0.4, 0.5) is 11.4 Å². The van der Waals surface area contributed by atoms with Crippen LogP contribution in [0.25, 0.3) is 0 Å². The second-order valence-corrected chi connectivity index (χ2v) is 7.44. The minimum Gasteiger partial charge on any atom is -0.748 e. The Hall–Kier alpha value is -0.720. The van der Waals surface area contributed by atoms with E-state index in [0.717, 1.165) is 24.5 Å². The summed E-state index contributed by atoms with van der Waals surface area (Å²) in [4.78, 5) is 9.82. The molecule has 0 radical (unpaired) electrons. The van der Waals surface area contributed by atoms with E-state index in [4.69, 9.17) is 0 Å². The zero-order valence-electron chi connectivity index (χ0n) is 11.3. The van der Waals surface area contributed by atoms with Gasteiger partial charge in [-0.15, -0.1) is 0 Å². The van der Waals surface area contributed by atoms with Crippen LogP contribution >= 0.6 is 0 Å². The van der Waals surface area contributed by atoms with E-state index in [1.165, 1.54) is 0 Å². The second kappa shape index (κ2) is 7.51. The second-order valence-electron chi connectivity index (χ2n) is 3.90. The first kappa shape index (κ1) is 20.3. The average Bonchev–Trinajstić information content (AvgIpc) is 2.25. The van der Waals surface area contributed by atoms with Crippen molar-refractivity contribution < 1.29 is 55.9 Å². The molecule has 0 amide bonds. The van der Waals surface area contributed by atoms with E-state index in [9.17, 15) is 31.5 Å². The molecule has 0 saturated carbocycles. The number of benzene rings is 1. The molecule has 0 saturated heterocycles. The van der Waals surface area contributed by atoms with Gasteiger partial charge in [0.25, 0.3) is 5.69 Å². The van der Waals surface area contributed by atoms with Crippen LogP contribution in [-0.2, 0) is 20.0 Å². The topological polar surface area (TPSA) is 147 Å². The Bertz CT molecular complexity index is 730. The van der Waals surface area contributed by atoms with Crippen LogP contribution in [0.2, 0.25) is 0 Å². The summed E-state index contributed by atoms with van der Waals surface area (Å²) in [7, 11) is -8.03. The summed E-state index contributed by atoms with van der Waals surface area (Å²) in [5.74, 6) is -0.738. The normalized spacial score (nSPS) is 11.5. The molecular formula is C9H11N2NaO7S2. The fraction of sp³-hybridized carbons (Fsp3) is 0.333. The van der Waals surface area contributed by atoms with Crippen LogP contribution in [0.3, 0.4) is 0 Å². The van der Waals surface area contributed by atoms with Crippen LogP contribution in [0.5, 0.6) is 0 Å². The van der Waals surface area contributed by atoms with Crippen LogP contribution in [0.15, 0.2) is 23.1 Å². The molecule has 0 aliphatic rings. The SMILES string of the molecule is CS(=O)(=O)c1ccc(NCCS(=O)(=O)[O-])c([N+](=O)[O-])c1.[Na+]. The first-order valence-corrected chi connectivity index (χ1v) is 8.63. The zero-order chi connectivity index (χ0) is 15.6. The van der Waals surface area contributed by atoms with Crippen molar-refractivity contribution in [1.29, 1.82) is 0 Å². The molecule has 1 aromatic rings. The van der Waals surface area contributed by atoms with E-state index in [0.29, 0.717) is 0 Å². The van der Waals surface area contributed by atoms with Crippen molar-refractivity contribution in [3.8, 4) is 0 Å². The van der Waals surface area contributed by atoms with E-state index in [2.05, 4.69) is 5.32 Å². The minimum atomic E-state index is -4.44. The van der Waals surface area contributed by atoms with Gasteiger partial charge in [0.05, 0.1) is 25.7 Å². The molecule has 0 bridgehead atoms. The standard InChI is InChI=1S/C9H12N2O7S2.Na/c1-19(14,15)7-2-3-8(9(6-7)11(12)13)10-4-5-20(16,17)18;/h2-3,6,10H,4-5H2,1H3,(H,16,17,18);/q;+1/p-1. The fourth-order valence-corrected chi connectivity index (χ4v) is 2.35. The molecule has 0 aliphatic carbocycles. The number of nitro groups is 1. The Kier molecular flexibility index (Phi) is 7.26. The molecule has 1 rings (SSSR count). The number of hydrogen-bond acceptors (Lipinski definition) is 8. The Morgan fingerprint density at radius 1 is 1.24 bits per heavy atom. The molecule has 0 unspecified atom stereocenters. The Morgan fingerprint density at radius 2 is 1.81 bits per heavy atom. The zero-order valence-corrected chi connectivity index (χ0v) is 14.9. The van der Waals surface area contributed by atoms with Gasteiger partial charge < -0.3 is 9.87 Å². The third-order valence-corrected chi connectivity index (χ3v) is 4.08. The maximum Gasteiger partial charge on any atom is 1.00 e. The molecule has 0 spiro atoms. The van der Waals surface area contributed by atoms with Gasteiger partial charge in [-0.25, -0.2) is 16.8 Å². The van der Waals surface area contributed by atoms with Gasteiger partial charge in [-0.2, -0.15) is 0 Å². The van der Waals surface area contributed by atoms with Crippen molar-refractivity contribution >= 4 is 31.3 Å². The van der Waals surface area contributed by atoms with E-state index in [-0.39, 0.29) is 46.7 Å². The van der Waals surface area contributed by atoms with E-state index in [1.807, 2.05) is 0 Å². The molecule has 0 fully saturated rings. The van der Waals surface area contributed by atoms with Crippen molar-refractivity contribution in [3.05, 3.63) is 28.3 Å². The molecule has 0 heterocycles. The molecular weight excluding hydrogens is 335 g/mol. The third-order valence-electron chi connectivity index (χ3n) is 2.26. The van der Waals surface area contributed by atoms with Gasteiger partial charge in [0, 0.05) is 18.9 Å². The van der Waals surface area contributed by atoms with Gasteiger partial charge in [-0.05, 0) is 12.1 Å².